The summed E-state index contributed by atoms with van der Waals surface area (Å²) in [6.07, 6.45) is 0.429. The van der Waals surface area contributed by atoms with Crippen molar-refractivity contribution in [1.82, 2.24) is 0 Å². The maximum atomic E-state index is 11.2. The van der Waals surface area contributed by atoms with E-state index in [1.54, 1.807) is 13.8 Å². The fourth-order valence-corrected chi connectivity index (χ4v) is 2.41. The predicted octanol–water partition coefficient (Wildman–Crippen LogP) is 2.97. The predicted molar refractivity (Wildman–Crippen MR) is 69.5 cm³/mol. The zero-order valence-electron chi connectivity index (χ0n) is 10.3. The van der Waals surface area contributed by atoms with Gasteiger partial charge in [0, 0.05) is 10.0 Å². The van der Waals surface area contributed by atoms with E-state index in [4.69, 9.17) is 9.47 Å². The van der Waals surface area contributed by atoms with Gasteiger partial charge >= 0.3 is 5.97 Å². The molecule has 1 aromatic rings. The maximum Gasteiger partial charge on any atom is 0.309 e. The van der Waals surface area contributed by atoms with E-state index >= 15 is 0 Å². The molecular formula is C13H15BrO4. The van der Waals surface area contributed by atoms with Crippen LogP contribution in [-0.4, -0.2) is 17.9 Å². The zero-order chi connectivity index (χ0) is 13.3. The molecule has 0 radical (unpaired) electrons. The summed E-state index contributed by atoms with van der Waals surface area (Å²) < 4.78 is 11.6. The van der Waals surface area contributed by atoms with Crippen LogP contribution in [0.25, 0.3) is 0 Å². The van der Waals surface area contributed by atoms with Crippen molar-refractivity contribution in [2.24, 2.45) is 5.41 Å². The van der Waals surface area contributed by atoms with Crippen molar-refractivity contribution in [3.05, 3.63) is 27.7 Å². The van der Waals surface area contributed by atoms with Gasteiger partial charge in [-0.15, -0.1) is 0 Å². The molecule has 0 fully saturated rings. The summed E-state index contributed by atoms with van der Waals surface area (Å²) in [5, 5.41) is 9.22. The van der Waals surface area contributed by atoms with Crippen LogP contribution in [0.1, 0.15) is 25.0 Å². The molecule has 1 heterocycles. The quantitative estimate of drug-likeness (QED) is 0.932. The summed E-state index contributed by atoms with van der Waals surface area (Å²) in [5.74, 6) is -0.0368. The van der Waals surface area contributed by atoms with Gasteiger partial charge in [0.15, 0.2) is 6.79 Å². The molecule has 0 bridgehead atoms. The van der Waals surface area contributed by atoms with Gasteiger partial charge in [0.1, 0.15) is 5.75 Å². The highest BCUT2D eigenvalue weighted by Crippen LogP contribution is 2.36. The number of rotatable bonds is 3. The van der Waals surface area contributed by atoms with Crippen molar-refractivity contribution >= 4 is 21.9 Å². The molecule has 0 spiro atoms. The molecular weight excluding hydrogens is 300 g/mol. The fourth-order valence-electron chi connectivity index (χ4n) is 1.89. The first-order valence-electron chi connectivity index (χ1n) is 5.66. The molecule has 1 aliphatic rings. The van der Waals surface area contributed by atoms with Crippen molar-refractivity contribution in [2.75, 3.05) is 6.79 Å². The first-order valence-corrected chi connectivity index (χ1v) is 6.45. The van der Waals surface area contributed by atoms with Crippen LogP contribution in [0.4, 0.5) is 0 Å². The van der Waals surface area contributed by atoms with E-state index in [-0.39, 0.29) is 6.79 Å². The van der Waals surface area contributed by atoms with E-state index in [0.717, 1.165) is 21.3 Å². The van der Waals surface area contributed by atoms with Crippen LogP contribution in [0.3, 0.4) is 0 Å². The van der Waals surface area contributed by atoms with Crippen LogP contribution in [-0.2, 0) is 22.6 Å². The van der Waals surface area contributed by atoms with Crippen LogP contribution < -0.4 is 4.74 Å². The van der Waals surface area contributed by atoms with Crippen molar-refractivity contribution in [3.63, 3.8) is 0 Å². The van der Waals surface area contributed by atoms with E-state index in [2.05, 4.69) is 15.9 Å². The zero-order valence-corrected chi connectivity index (χ0v) is 11.9. The molecule has 18 heavy (non-hydrogen) atoms. The number of fused-ring (bicyclic) bond motifs is 1. The highest BCUT2D eigenvalue weighted by molar-refractivity contribution is 9.10. The molecule has 0 saturated heterocycles. The highest BCUT2D eigenvalue weighted by atomic mass is 79.9. The van der Waals surface area contributed by atoms with E-state index in [0.29, 0.717) is 13.0 Å². The molecule has 0 atom stereocenters. The van der Waals surface area contributed by atoms with Crippen LogP contribution in [0.2, 0.25) is 0 Å². The number of carboxylic acids is 1. The Labute approximate surface area is 114 Å². The fraction of sp³-hybridized carbons (Fsp3) is 0.462. The van der Waals surface area contributed by atoms with Gasteiger partial charge in [0.25, 0.3) is 0 Å². The molecule has 2 rings (SSSR count). The Morgan fingerprint density at radius 2 is 2.22 bits per heavy atom. The number of carboxylic acid groups (broad SMARTS) is 1. The molecule has 98 valence electrons. The van der Waals surface area contributed by atoms with Crippen LogP contribution in [0, 0.1) is 5.41 Å². The first kappa shape index (κ1) is 13.4. The number of ether oxygens (including phenoxy) is 2. The van der Waals surface area contributed by atoms with Crippen LogP contribution >= 0.6 is 15.9 Å². The van der Waals surface area contributed by atoms with E-state index < -0.39 is 11.4 Å². The molecule has 4 nitrogen and oxygen atoms in total. The monoisotopic (exact) mass is 314 g/mol. The summed E-state index contributed by atoms with van der Waals surface area (Å²) in [5.41, 5.74) is 1.05. The molecule has 1 N–H and O–H groups in total. The average Bonchev–Trinajstić information content (AvgIpc) is 2.32. The van der Waals surface area contributed by atoms with Crippen molar-refractivity contribution in [3.8, 4) is 5.75 Å². The number of hydrogen-bond acceptors (Lipinski definition) is 3. The molecule has 0 aromatic heterocycles. The topological polar surface area (TPSA) is 55.8 Å². The second-order valence-electron chi connectivity index (χ2n) is 4.98. The molecule has 1 aromatic carbocycles. The third-order valence-electron chi connectivity index (χ3n) is 3.07. The minimum absolute atomic E-state index is 0.246. The van der Waals surface area contributed by atoms with Gasteiger partial charge in [-0.05, 0) is 38.0 Å². The molecule has 5 heteroatoms. The third-order valence-corrected chi connectivity index (χ3v) is 3.82. The van der Waals surface area contributed by atoms with Crippen molar-refractivity contribution in [1.29, 1.82) is 0 Å². The Hall–Kier alpha value is -1.07. The Kier molecular flexibility index (Phi) is 3.64. The lowest BCUT2D eigenvalue weighted by atomic mass is 9.84. The van der Waals surface area contributed by atoms with Crippen molar-refractivity contribution < 1.29 is 19.4 Å². The summed E-state index contributed by atoms with van der Waals surface area (Å²) >= 11 is 3.47. The molecule has 1 aliphatic heterocycles. The van der Waals surface area contributed by atoms with E-state index in [9.17, 15) is 9.90 Å². The lowest BCUT2D eigenvalue weighted by Gasteiger charge is -2.25. The summed E-state index contributed by atoms with van der Waals surface area (Å²) in [7, 11) is 0. The van der Waals surface area contributed by atoms with Gasteiger partial charge in [0.2, 0.25) is 0 Å². The van der Waals surface area contributed by atoms with Crippen LogP contribution in [0.15, 0.2) is 16.6 Å². The Morgan fingerprint density at radius 1 is 1.50 bits per heavy atom. The van der Waals surface area contributed by atoms with Gasteiger partial charge in [-0.3, -0.25) is 4.79 Å². The largest absolute Gasteiger partial charge is 0.481 e. The number of halogens is 1. The summed E-state index contributed by atoms with van der Waals surface area (Å²) in [6, 6.07) is 3.76. The third kappa shape index (κ3) is 2.52. The van der Waals surface area contributed by atoms with Gasteiger partial charge < -0.3 is 14.6 Å². The van der Waals surface area contributed by atoms with E-state index in [1.807, 2.05) is 12.1 Å². The number of aliphatic carboxylic acids is 1. The number of hydrogen-bond donors (Lipinski definition) is 1. The maximum absolute atomic E-state index is 11.2. The van der Waals surface area contributed by atoms with Gasteiger partial charge in [0.05, 0.1) is 12.0 Å². The lowest BCUT2D eigenvalue weighted by molar-refractivity contribution is -0.146. The molecule has 0 aliphatic carbocycles. The summed E-state index contributed by atoms with van der Waals surface area (Å²) in [4.78, 5) is 11.2. The summed E-state index contributed by atoms with van der Waals surface area (Å²) in [6.45, 7) is 4.13. The molecule has 0 amide bonds. The Balaban J connectivity index is 2.41. The SMILES string of the molecule is CC(C)(Cc1c(Br)ccc2c1COCO2)C(=O)O. The first-order chi connectivity index (χ1) is 8.42. The van der Waals surface area contributed by atoms with E-state index in [1.165, 1.54) is 0 Å². The van der Waals surface area contributed by atoms with Crippen molar-refractivity contribution in [2.45, 2.75) is 26.9 Å². The van der Waals surface area contributed by atoms with Gasteiger partial charge in [-0.1, -0.05) is 15.9 Å². The minimum Gasteiger partial charge on any atom is -0.481 e. The lowest BCUT2D eigenvalue weighted by Crippen LogP contribution is -2.27. The Bertz CT molecular complexity index is 482. The Morgan fingerprint density at radius 3 is 2.89 bits per heavy atom. The molecule has 0 unspecified atom stereocenters. The normalized spacial score (nSPS) is 14.8. The van der Waals surface area contributed by atoms with Gasteiger partial charge in [-0.25, -0.2) is 0 Å². The standard InChI is InChI=1S/C13H15BrO4/c1-13(2,12(15)16)5-8-9-6-17-7-18-11(9)4-3-10(8)14/h3-4H,5-7H2,1-2H3,(H,15,16). The minimum atomic E-state index is -0.824. The van der Waals surface area contributed by atoms with Gasteiger partial charge in [-0.2, -0.15) is 0 Å². The average molecular weight is 315 g/mol. The second kappa shape index (κ2) is 4.90. The smallest absolute Gasteiger partial charge is 0.309 e. The number of benzene rings is 1. The second-order valence-corrected chi connectivity index (χ2v) is 5.83. The highest BCUT2D eigenvalue weighted by Gasteiger charge is 2.30. The number of carbonyl (C=O) groups is 1. The molecule has 0 saturated carbocycles. The van der Waals surface area contributed by atoms with Crippen LogP contribution in [0.5, 0.6) is 5.75 Å².